The molecule has 0 aliphatic carbocycles. The van der Waals surface area contributed by atoms with Gasteiger partial charge in [-0.25, -0.2) is 4.98 Å². The van der Waals surface area contributed by atoms with E-state index in [0.29, 0.717) is 5.69 Å². The van der Waals surface area contributed by atoms with Crippen LogP contribution in [0.15, 0.2) is 4.79 Å². The molecule has 0 fully saturated rings. The monoisotopic (exact) mass is 270 g/mol. The zero-order valence-corrected chi connectivity index (χ0v) is 10.1. The van der Waals surface area contributed by atoms with Crippen molar-refractivity contribution in [2.24, 2.45) is 0 Å². The fourth-order valence-electron chi connectivity index (χ4n) is 1.86. The van der Waals surface area contributed by atoms with Crippen molar-refractivity contribution in [2.45, 2.75) is 26.4 Å². The van der Waals surface area contributed by atoms with E-state index in [9.17, 15) is 18.0 Å². The molecule has 2 aromatic rings. The van der Waals surface area contributed by atoms with E-state index in [1.807, 2.05) is 6.07 Å². The molecule has 0 spiro atoms. The van der Waals surface area contributed by atoms with Gasteiger partial charge in [-0.15, -0.1) is 0 Å². The summed E-state index contributed by atoms with van der Waals surface area (Å²) in [6.07, 6.45) is -5.83. The van der Waals surface area contributed by atoms with Gasteiger partial charge in [0, 0.05) is 11.3 Å². The molecule has 0 radical (unpaired) electrons. The first-order chi connectivity index (χ1) is 8.74. The number of fused-ring (bicyclic) bond motifs is 1. The second kappa shape index (κ2) is 4.12. The van der Waals surface area contributed by atoms with Gasteiger partial charge in [0.15, 0.2) is 5.65 Å². The highest BCUT2D eigenvalue weighted by atomic mass is 19.4. The number of hydrogen-bond donors (Lipinski definition) is 1. The molecule has 2 heterocycles. The number of nitrogens with one attached hydrogen (secondary N) is 1. The van der Waals surface area contributed by atoms with Gasteiger partial charge in [-0.3, -0.25) is 9.89 Å². The maximum atomic E-state index is 12.4. The standard InChI is InChI=1S/C11H9F3N4O/c1-5-7(3-11(12,13)14)10(19)18-9(16-5)8(4-15)6(2)17-18/h17H,3H2,1-2H3. The highest BCUT2D eigenvalue weighted by Crippen LogP contribution is 2.21. The van der Waals surface area contributed by atoms with Gasteiger partial charge in [0.2, 0.25) is 0 Å². The smallest absolute Gasteiger partial charge is 0.293 e. The Morgan fingerprint density at radius 2 is 2.05 bits per heavy atom. The summed E-state index contributed by atoms with van der Waals surface area (Å²) in [4.78, 5) is 15.9. The summed E-state index contributed by atoms with van der Waals surface area (Å²) in [7, 11) is 0. The van der Waals surface area contributed by atoms with Crippen LogP contribution < -0.4 is 5.56 Å². The minimum Gasteiger partial charge on any atom is -0.293 e. The molecule has 0 aromatic carbocycles. The molecule has 8 heteroatoms. The van der Waals surface area contributed by atoms with Crippen LogP contribution in [0.5, 0.6) is 0 Å². The van der Waals surface area contributed by atoms with Crippen molar-refractivity contribution in [3.63, 3.8) is 0 Å². The minimum absolute atomic E-state index is 0.0159. The van der Waals surface area contributed by atoms with E-state index in [1.165, 1.54) is 6.92 Å². The average Bonchev–Trinajstić information content (AvgIpc) is 2.59. The Bertz CT molecular complexity index is 748. The quantitative estimate of drug-likeness (QED) is 0.855. The average molecular weight is 270 g/mol. The van der Waals surface area contributed by atoms with Crippen molar-refractivity contribution >= 4 is 5.65 Å². The highest BCUT2D eigenvalue weighted by molar-refractivity contribution is 5.57. The molecule has 0 aliphatic heterocycles. The molecule has 2 rings (SSSR count). The van der Waals surface area contributed by atoms with Crippen molar-refractivity contribution in [3.05, 3.63) is 32.9 Å². The van der Waals surface area contributed by atoms with Gasteiger partial charge < -0.3 is 0 Å². The number of aromatic nitrogens is 3. The van der Waals surface area contributed by atoms with Gasteiger partial charge in [-0.1, -0.05) is 0 Å². The van der Waals surface area contributed by atoms with Crippen LogP contribution in [0.2, 0.25) is 0 Å². The molecule has 0 saturated heterocycles. The van der Waals surface area contributed by atoms with Crippen LogP contribution in [0.25, 0.3) is 5.65 Å². The summed E-state index contributed by atoms with van der Waals surface area (Å²) in [6.45, 7) is 2.87. The number of H-pyrrole nitrogens is 1. The molecule has 1 N–H and O–H groups in total. The number of nitrogens with zero attached hydrogens (tertiary/aromatic N) is 3. The van der Waals surface area contributed by atoms with Crippen LogP contribution >= 0.6 is 0 Å². The van der Waals surface area contributed by atoms with Gasteiger partial charge in [0.1, 0.15) is 11.6 Å². The predicted molar refractivity (Wildman–Crippen MR) is 59.8 cm³/mol. The molecule has 0 bridgehead atoms. The number of rotatable bonds is 1. The number of aryl methyl sites for hydroxylation is 2. The van der Waals surface area contributed by atoms with Gasteiger partial charge in [-0.2, -0.15) is 22.9 Å². The summed E-state index contributed by atoms with van der Waals surface area (Å²) >= 11 is 0. The van der Waals surface area contributed by atoms with Crippen molar-refractivity contribution in [3.8, 4) is 6.07 Å². The SMILES string of the molecule is Cc1nc2c(C#N)c(C)[nH]n2c(=O)c1CC(F)(F)F. The second-order valence-electron chi connectivity index (χ2n) is 4.16. The molecular formula is C11H9F3N4O. The topological polar surface area (TPSA) is 73.9 Å². The Labute approximate surface area is 105 Å². The maximum Gasteiger partial charge on any atom is 0.393 e. The molecule has 0 saturated carbocycles. The van der Waals surface area contributed by atoms with Crippen molar-refractivity contribution in [1.82, 2.24) is 14.6 Å². The number of aromatic amines is 1. The lowest BCUT2D eigenvalue weighted by Gasteiger charge is -2.08. The Balaban J connectivity index is 2.78. The predicted octanol–water partition coefficient (Wildman–Crippen LogP) is 1.62. The van der Waals surface area contributed by atoms with E-state index in [-0.39, 0.29) is 16.9 Å². The zero-order valence-electron chi connectivity index (χ0n) is 10.1. The van der Waals surface area contributed by atoms with Crippen molar-refractivity contribution in [2.75, 3.05) is 0 Å². The normalized spacial score (nSPS) is 11.8. The summed E-state index contributed by atoms with van der Waals surface area (Å²) in [5.74, 6) is 0. The Morgan fingerprint density at radius 3 is 2.58 bits per heavy atom. The minimum atomic E-state index is -4.49. The van der Waals surface area contributed by atoms with Gasteiger partial charge in [-0.05, 0) is 13.8 Å². The molecule has 19 heavy (non-hydrogen) atoms. The lowest BCUT2D eigenvalue weighted by atomic mass is 10.1. The van der Waals surface area contributed by atoms with Crippen LogP contribution in [-0.2, 0) is 6.42 Å². The first-order valence-electron chi connectivity index (χ1n) is 5.32. The van der Waals surface area contributed by atoms with Crippen LogP contribution in [0.4, 0.5) is 13.2 Å². The number of alkyl halides is 3. The second-order valence-corrected chi connectivity index (χ2v) is 4.16. The maximum absolute atomic E-state index is 12.4. The van der Waals surface area contributed by atoms with Crippen LogP contribution in [-0.4, -0.2) is 20.8 Å². The fourth-order valence-corrected chi connectivity index (χ4v) is 1.86. The van der Waals surface area contributed by atoms with Crippen molar-refractivity contribution in [1.29, 1.82) is 5.26 Å². The Morgan fingerprint density at radius 1 is 1.42 bits per heavy atom. The van der Waals surface area contributed by atoms with Gasteiger partial charge in [0.05, 0.1) is 12.1 Å². The molecule has 0 amide bonds. The third-order valence-electron chi connectivity index (χ3n) is 2.75. The molecule has 2 aromatic heterocycles. The molecular weight excluding hydrogens is 261 g/mol. The van der Waals surface area contributed by atoms with E-state index in [2.05, 4.69) is 10.1 Å². The molecule has 100 valence electrons. The van der Waals surface area contributed by atoms with Crippen LogP contribution in [0, 0.1) is 25.2 Å². The zero-order chi connectivity index (χ0) is 14.4. The Hall–Kier alpha value is -2.30. The van der Waals surface area contributed by atoms with E-state index in [1.54, 1.807) is 6.92 Å². The molecule has 0 atom stereocenters. The lowest BCUT2D eigenvalue weighted by molar-refractivity contribution is -0.127. The molecule has 0 aliphatic rings. The summed E-state index contributed by atoms with van der Waals surface area (Å²) in [5.41, 5.74) is -0.680. The van der Waals surface area contributed by atoms with Crippen LogP contribution in [0.1, 0.15) is 22.5 Å². The van der Waals surface area contributed by atoms with E-state index >= 15 is 0 Å². The summed E-state index contributed by atoms with van der Waals surface area (Å²) in [6, 6.07) is 1.86. The highest BCUT2D eigenvalue weighted by Gasteiger charge is 2.31. The largest absolute Gasteiger partial charge is 0.393 e. The number of nitriles is 1. The first-order valence-corrected chi connectivity index (χ1v) is 5.32. The fraction of sp³-hybridized carbons (Fsp3) is 0.364. The van der Waals surface area contributed by atoms with Crippen molar-refractivity contribution < 1.29 is 13.2 Å². The van der Waals surface area contributed by atoms with E-state index in [0.717, 1.165) is 4.52 Å². The Kier molecular flexibility index (Phi) is 2.85. The van der Waals surface area contributed by atoms with E-state index < -0.39 is 23.7 Å². The number of hydrogen-bond acceptors (Lipinski definition) is 3. The van der Waals surface area contributed by atoms with E-state index in [4.69, 9.17) is 5.26 Å². The number of halogens is 3. The molecule has 5 nitrogen and oxygen atoms in total. The van der Waals surface area contributed by atoms with Gasteiger partial charge in [0.25, 0.3) is 5.56 Å². The third kappa shape index (κ3) is 2.19. The summed E-state index contributed by atoms with van der Waals surface area (Å²) in [5, 5.41) is 11.5. The first kappa shape index (κ1) is 13.1. The van der Waals surface area contributed by atoms with Gasteiger partial charge >= 0.3 is 6.18 Å². The van der Waals surface area contributed by atoms with Crippen LogP contribution in [0.3, 0.4) is 0 Å². The summed E-state index contributed by atoms with van der Waals surface area (Å²) < 4.78 is 38.1. The third-order valence-corrected chi connectivity index (χ3v) is 2.75. The molecule has 0 unspecified atom stereocenters. The lowest BCUT2D eigenvalue weighted by Crippen LogP contribution is -2.26.